The van der Waals surface area contributed by atoms with Crippen molar-refractivity contribution in [2.24, 2.45) is 0 Å². The van der Waals surface area contributed by atoms with Gasteiger partial charge in [0.2, 0.25) is 6.54 Å². The standard InChI is InChI=1S/C15H23ClN2O5S/c1-10-6-14(23-9-22-5)11(7-12(10)16)13(8-18(19)20)17-24(21)15(2,3)4/h6-7,13,17H,8-9H2,1-5H3/t13-,24?/m1/s1. The summed E-state index contributed by atoms with van der Waals surface area (Å²) in [5, 5.41) is 11.5. The Morgan fingerprint density at radius 2 is 2.04 bits per heavy atom. The molecule has 0 fully saturated rings. The highest BCUT2D eigenvalue weighted by molar-refractivity contribution is 7.84. The van der Waals surface area contributed by atoms with Crippen LogP contribution in [0.2, 0.25) is 5.02 Å². The summed E-state index contributed by atoms with van der Waals surface area (Å²) in [5.41, 5.74) is 1.24. The van der Waals surface area contributed by atoms with E-state index in [2.05, 4.69) is 4.72 Å². The van der Waals surface area contributed by atoms with E-state index in [1.54, 1.807) is 39.8 Å². The SMILES string of the molecule is COCOc1cc(C)c(Cl)cc1[C@@H](C[N+](=O)[O-])NS(=O)C(C)(C)C. The zero-order valence-electron chi connectivity index (χ0n) is 14.4. The first-order valence-electron chi connectivity index (χ1n) is 7.28. The Balaban J connectivity index is 3.27. The van der Waals surface area contributed by atoms with Crippen molar-refractivity contribution in [3.8, 4) is 5.75 Å². The zero-order valence-corrected chi connectivity index (χ0v) is 16.0. The number of aryl methyl sites for hydroxylation is 1. The smallest absolute Gasteiger partial charge is 0.224 e. The number of halogens is 1. The highest BCUT2D eigenvalue weighted by Crippen LogP contribution is 2.32. The maximum atomic E-state index is 12.4. The van der Waals surface area contributed by atoms with Crippen molar-refractivity contribution in [1.29, 1.82) is 0 Å². The predicted octanol–water partition coefficient (Wildman–Crippen LogP) is 3.00. The molecule has 0 bridgehead atoms. The predicted molar refractivity (Wildman–Crippen MR) is 94.3 cm³/mol. The lowest BCUT2D eigenvalue weighted by molar-refractivity contribution is -0.483. The summed E-state index contributed by atoms with van der Waals surface area (Å²) >= 11 is 6.17. The van der Waals surface area contributed by atoms with Gasteiger partial charge in [-0.15, -0.1) is 0 Å². The van der Waals surface area contributed by atoms with Crippen LogP contribution in [0.5, 0.6) is 5.75 Å². The van der Waals surface area contributed by atoms with E-state index in [9.17, 15) is 14.3 Å². The second-order valence-corrected chi connectivity index (χ2v) is 8.66. The summed E-state index contributed by atoms with van der Waals surface area (Å²) < 4.78 is 25.0. The Morgan fingerprint density at radius 3 is 2.54 bits per heavy atom. The van der Waals surface area contributed by atoms with Crippen LogP contribution in [-0.4, -0.2) is 34.3 Å². The van der Waals surface area contributed by atoms with Crippen molar-refractivity contribution in [3.05, 3.63) is 38.4 Å². The largest absolute Gasteiger partial charge is 0.467 e. The molecule has 24 heavy (non-hydrogen) atoms. The molecular weight excluding hydrogens is 356 g/mol. The van der Waals surface area contributed by atoms with Crippen molar-refractivity contribution < 1.29 is 18.6 Å². The van der Waals surface area contributed by atoms with Gasteiger partial charge in [0.1, 0.15) is 11.8 Å². The van der Waals surface area contributed by atoms with E-state index in [4.69, 9.17) is 21.1 Å². The number of nitrogens with one attached hydrogen (secondary N) is 1. The molecule has 0 spiro atoms. The van der Waals surface area contributed by atoms with E-state index in [0.717, 1.165) is 5.56 Å². The van der Waals surface area contributed by atoms with Crippen molar-refractivity contribution in [2.75, 3.05) is 20.4 Å². The van der Waals surface area contributed by atoms with Crippen LogP contribution >= 0.6 is 11.6 Å². The fraction of sp³-hybridized carbons (Fsp3) is 0.600. The second-order valence-electron chi connectivity index (χ2n) is 6.26. The van der Waals surface area contributed by atoms with E-state index in [1.165, 1.54) is 7.11 Å². The summed E-state index contributed by atoms with van der Waals surface area (Å²) in [6, 6.07) is 2.47. The fourth-order valence-corrected chi connectivity index (χ4v) is 2.83. The molecular formula is C15H23ClN2O5S. The molecule has 1 rings (SSSR count). The van der Waals surface area contributed by atoms with Crippen LogP contribution in [0.15, 0.2) is 12.1 Å². The molecule has 1 unspecified atom stereocenters. The summed E-state index contributed by atoms with van der Waals surface area (Å²) in [5.74, 6) is 0.406. The molecule has 0 aliphatic rings. The number of benzene rings is 1. The minimum atomic E-state index is -1.49. The normalized spacial score (nSPS) is 14.2. The zero-order chi connectivity index (χ0) is 18.5. The Kier molecular flexibility index (Phi) is 7.59. The van der Waals surface area contributed by atoms with E-state index in [1.807, 2.05) is 0 Å². The van der Waals surface area contributed by atoms with Crippen LogP contribution in [-0.2, 0) is 15.7 Å². The molecule has 0 saturated carbocycles. The number of hydrogen-bond donors (Lipinski definition) is 1. The van der Waals surface area contributed by atoms with Crippen LogP contribution in [0.1, 0.15) is 37.9 Å². The lowest BCUT2D eigenvalue weighted by atomic mass is 10.0. The van der Waals surface area contributed by atoms with Crippen LogP contribution in [0, 0.1) is 17.0 Å². The number of rotatable bonds is 8. The number of nitro groups is 1. The molecule has 9 heteroatoms. The first kappa shape index (κ1) is 20.8. The Bertz CT molecular complexity index is 619. The fourth-order valence-electron chi connectivity index (χ4n) is 1.84. The molecule has 136 valence electrons. The second kappa shape index (κ2) is 8.75. The maximum Gasteiger partial charge on any atom is 0.224 e. The molecule has 1 aromatic carbocycles. The quantitative estimate of drug-likeness (QED) is 0.426. The summed E-state index contributed by atoms with van der Waals surface area (Å²) in [7, 11) is -0.0186. The van der Waals surface area contributed by atoms with Gasteiger partial charge < -0.3 is 9.47 Å². The van der Waals surface area contributed by atoms with E-state index >= 15 is 0 Å². The van der Waals surface area contributed by atoms with Crippen LogP contribution < -0.4 is 9.46 Å². The van der Waals surface area contributed by atoms with Gasteiger partial charge in [0.05, 0.1) is 15.7 Å². The van der Waals surface area contributed by atoms with Gasteiger partial charge in [-0.2, -0.15) is 0 Å². The van der Waals surface area contributed by atoms with Crippen molar-refractivity contribution >= 4 is 22.6 Å². The van der Waals surface area contributed by atoms with E-state index in [0.29, 0.717) is 16.3 Å². The average Bonchev–Trinajstić information content (AvgIpc) is 2.45. The number of hydrogen-bond acceptors (Lipinski definition) is 5. The molecule has 0 aliphatic heterocycles. The number of ether oxygens (including phenoxy) is 2. The molecule has 0 amide bonds. The van der Waals surface area contributed by atoms with Gasteiger partial charge >= 0.3 is 0 Å². The van der Waals surface area contributed by atoms with Crippen molar-refractivity contribution in [2.45, 2.75) is 38.5 Å². The maximum absolute atomic E-state index is 12.4. The number of methoxy groups -OCH3 is 1. The summed E-state index contributed by atoms with van der Waals surface area (Å²) in [6.07, 6.45) is 0. The molecule has 0 heterocycles. The first-order valence-corrected chi connectivity index (χ1v) is 8.80. The molecule has 1 N–H and O–H groups in total. The number of nitrogens with zero attached hydrogens (tertiary/aromatic N) is 1. The Labute approximate surface area is 149 Å². The van der Waals surface area contributed by atoms with Gasteiger partial charge in [0, 0.05) is 22.6 Å². The van der Waals surface area contributed by atoms with Gasteiger partial charge in [0.15, 0.2) is 6.79 Å². The minimum Gasteiger partial charge on any atom is -0.467 e. The topological polar surface area (TPSA) is 90.7 Å². The Hall–Kier alpha value is -1.22. The molecule has 0 aliphatic carbocycles. The highest BCUT2D eigenvalue weighted by Gasteiger charge is 2.29. The van der Waals surface area contributed by atoms with Gasteiger partial charge in [0.25, 0.3) is 0 Å². The van der Waals surface area contributed by atoms with Crippen LogP contribution in [0.3, 0.4) is 0 Å². The average molecular weight is 379 g/mol. The third kappa shape index (κ3) is 6.01. The van der Waals surface area contributed by atoms with Crippen LogP contribution in [0.4, 0.5) is 0 Å². The molecule has 7 nitrogen and oxygen atoms in total. The third-order valence-corrected chi connectivity index (χ3v) is 5.15. The summed E-state index contributed by atoms with van der Waals surface area (Å²) in [4.78, 5) is 10.6. The highest BCUT2D eigenvalue weighted by atomic mass is 35.5. The molecule has 1 aromatic rings. The molecule has 2 atom stereocenters. The van der Waals surface area contributed by atoms with Gasteiger partial charge in [-0.25, -0.2) is 8.93 Å². The van der Waals surface area contributed by atoms with E-state index in [-0.39, 0.29) is 6.79 Å². The third-order valence-electron chi connectivity index (χ3n) is 3.14. The Morgan fingerprint density at radius 1 is 1.42 bits per heavy atom. The molecule has 0 radical (unpaired) electrons. The van der Waals surface area contributed by atoms with E-state index < -0.39 is 33.2 Å². The summed E-state index contributed by atoms with van der Waals surface area (Å²) in [6.45, 7) is 6.68. The lowest BCUT2D eigenvalue weighted by Crippen LogP contribution is -2.38. The van der Waals surface area contributed by atoms with Gasteiger partial charge in [-0.3, -0.25) is 10.1 Å². The van der Waals surface area contributed by atoms with Gasteiger partial charge in [-0.1, -0.05) is 11.6 Å². The van der Waals surface area contributed by atoms with Crippen molar-refractivity contribution in [1.82, 2.24) is 4.72 Å². The molecule has 0 aromatic heterocycles. The van der Waals surface area contributed by atoms with Crippen LogP contribution in [0.25, 0.3) is 0 Å². The molecule has 0 saturated heterocycles. The minimum absolute atomic E-state index is 0.0123. The lowest BCUT2D eigenvalue weighted by Gasteiger charge is -2.24. The first-order chi connectivity index (χ1) is 11.1. The van der Waals surface area contributed by atoms with Crippen molar-refractivity contribution in [3.63, 3.8) is 0 Å². The van der Waals surface area contributed by atoms with Gasteiger partial charge in [-0.05, 0) is 45.4 Å². The monoisotopic (exact) mass is 378 g/mol.